The molecular weight excluding hydrogens is 391 g/mol. The van der Waals surface area contributed by atoms with E-state index < -0.39 is 5.82 Å². The monoisotopic (exact) mass is 406 g/mol. The Bertz CT molecular complexity index is 1300. The van der Waals surface area contributed by atoms with Crippen molar-refractivity contribution in [1.82, 2.24) is 9.97 Å². The predicted molar refractivity (Wildman–Crippen MR) is 116 cm³/mol. The van der Waals surface area contributed by atoms with E-state index in [1.807, 2.05) is 0 Å². The molecule has 1 heterocycles. The molecular formula is C24H15FN6. The molecule has 0 bridgehead atoms. The van der Waals surface area contributed by atoms with Gasteiger partial charge < -0.3 is 10.6 Å². The minimum absolute atomic E-state index is 0.278. The largest absolute Gasteiger partial charge is 0.338 e. The minimum Gasteiger partial charge on any atom is -0.338 e. The Labute approximate surface area is 178 Å². The molecule has 4 aromatic rings. The van der Waals surface area contributed by atoms with Gasteiger partial charge in [0.1, 0.15) is 11.6 Å². The van der Waals surface area contributed by atoms with Crippen LogP contribution in [0.1, 0.15) is 11.1 Å². The van der Waals surface area contributed by atoms with Crippen LogP contribution in [0.2, 0.25) is 0 Å². The number of hydrogen-bond donors (Lipinski definition) is 2. The van der Waals surface area contributed by atoms with E-state index in [4.69, 9.17) is 10.5 Å². The van der Waals surface area contributed by atoms with Crippen LogP contribution in [-0.4, -0.2) is 9.97 Å². The second-order valence-electron chi connectivity index (χ2n) is 6.59. The van der Waals surface area contributed by atoms with E-state index >= 15 is 0 Å². The fourth-order valence-electron chi connectivity index (χ4n) is 2.92. The summed E-state index contributed by atoms with van der Waals surface area (Å²) in [7, 11) is 0. The molecule has 0 atom stereocenters. The number of nitriles is 2. The zero-order valence-corrected chi connectivity index (χ0v) is 16.2. The second-order valence-corrected chi connectivity index (χ2v) is 6.59. The van der Waals surface area contributed by atoms with Crippen LogP contribution in [0.4, 0.5) is 27.5 Å². The zero-order chi connectivity index (χ0) is 21.6. The Balaban J connectivity index is 1.50. The smallest absolute Gasteiger partial charge is 0.229 e. The Kier molecular flexibility index (Phi) is 5.51. The molecule has 4 rings (SSSR count). The van der Waals surface area contributed by atoms with Crippen molar-refractivity contribution >= 4 is 23.1 Å². The molecule has 0 radical (unpaired) electrons. The van der Waals surface area contributed by atoms with E-state index in [0.29, 0.717) is 28.5 Å². The van der Waals surface area contributed by atoms with Crippen molar-refractivity contribution in [2.45, 2.75) is 0 Å². The maximum atomic E-state index is 14.7. The third-order valence-corrected chi connectivity index (χ3v) is 4.50. The first-order valence-corrected chi connectivity index (χ1v) is 9.32. The van der Waals surface area contributed by atoms with Crippen molar-refractivity contribution in [3.8, 4) is 23.3 Å². The first-order chi connectivity index (χ1) is 15.1. The van der Waals surface area contributed by atoms with Gasteiger partial charge in [0.25, 0.3) is 0 Å². The molecule has 7 heteroatoms. The molecule has 1 aromatic heterocycles. The molecule has 0 amide bonds. The highest BCUT2D eigenvalue weighted by molar-refractivity contribution is 5.69. The number of nitrogens with one attached hydrogen (secondary N) is 2. The number of halogens is 1. The Morgan fingerprint density at radius 3 is 2.03 bits per heavy atom. The maximum Gasteiger partial charge on any atom is 0.229 e. The number of benzene rings is 3. The third-order valence-electron chi connectivity index (χ3n) is 4.50. The van der Waals surface area contributed by atoms with Gasteiger partial charge in [0.2, 0.25) is 5.95 Å². The average Bonchev–Trinajstić information content (AvgIpc) is 2.81. The molecule has 0 aliphatic heterocycles. The van der Waals surface area contributed by atoms with Crippen LogP contribution in [0.25, 0.3) is 11.1 Å². The highest BCUT2D eigenvalue weighted by Gasteiger charge is 2.08. The van der Waals surface area contributed by atoms with E-state index in [9.17, 15) is 4.39 Å². The van der Waals surface area contributed by atoms with Gasteiger partial charge in [-0.2, -0.15) is 15.5 Å². The van der Waals surface area contributed by atoms with E-state index in [2.05, 4.69) is 32.7 Å². The zero-order valence-electron chi connectivity index (χ0n) is 16.2. The van der Waals surface area contributed by atoms with Crippen LogP contribution in [0.3, 0.4) is 0 Å². The fourth-order valence-corrected chi connectivity index (χ4v) is 2.92. The summed E-state index contributed by atoms with van der Waals surface area (Å²) in [6.07, 6.45) is 1.56. The Hall–Kier alpha value is -4.75. The van der Waals surface area contributed by atoms with Crippen LogP contribution >= 0.6 is 0 Å². The van der Waals surface area contributed by atoms with Crippen molar-refractivity contribution < 1.29 is 4.39 Å². The molecule has 2 N–H and O–H groups in total. The first kappa shape index (κ1) is 19.6. The summed E-state index contributed by atoms with van der Waals surface area (Å²) >= 11 is 0. The van der Waals surface area contributed by atoms with Gasteiger partial charge in [-0.3, -0.25) is 0 Å². The van der Waals surface area contributed by atoms with E-state index in [1.54, 1.807) is 72.9 Å². The van der Waals surface area contributed by atoms with E-state index in [-0.39, 0.29) is 5.69 Å². The maximum absolute atomic E-state index is 14.7. The highest BCUT2D eigenvalue weighted by Crippen LogP contribution is 2.26. The van der Waals surface area contributed by atoms with Crippen LogP contribution in [0, 0.1) is 28.5 Å². The number of anilines is 4. The third kappa shape index (κ3) is 4.64. The van der Waals surface area contributed by atoms with Gasteiger partial charge in [0, 0.05) is 11.9 Å². The lowest BCUT2D eigenvalue weighted by atomic mass is 10.0. The van der Waals surface area contributed by atoms with Gasteiger partial charge in [-0.25, -0.2) is 9.37 Å². The summed E-state index contributed by atoms with van der Waals surface area (Å²) in [6, 6.07) is 24.5. The standard InChI is InChI=1S/C24H15FN6/c25-21-13-19(18-5-1-16(14-26)2-6-18)7-10-22(21)30-23-11-12-28-24(31-23)29-20-8-3-17(15-27)4-9-20/h1-13H,(H2,28,29,30,31). The van der Waals surface area contributed by atoms with Crippen molar-refractivity contribution in [3.63, 3.8) is 0 Å². The lowest BCUT2D eigenvalue weighted by Crippen LogP contribution is -2.01. The van der Waals surface area contributed by atoms with E-state index in [1.165, 1.54) is 6.07 Å². The summed E-state index contributed by atoms with van der Waals surface area (Å²) < 4.78 is 14.7. The van der Waals surface area contributed by atoms with Gasteiger partial charge in [0.15, 0.2) is 0 Å². The molecule has 31 heavy (non-hydrogen) atoms. The molecule has 148 valence electrons. The first-order valence-electron chi connectivity index (χ1n) is 9.32. The molecule has 0 aliphatic carbocycles. The number of aromatic nitrogens is 2. The van der Waals surface area contributed by atoms with Crippen LogP contribution in [-0.2, 0) is 0 Å². The topological polar surface area (TPSA) is 97.4 Å². The minimum atomic E-state index is -0.429. The molecule has 0 unspecified atom stereocenters. The van der Waals surface area contributed by atoms with Crippen LogP contribution in [0.5, 0.6) is 0 Å². The van der Waals surface area contributed by atoms with Gasteiger partial charge in [-0.15, -0.1) is 0 Å². The predicted octanol–water partition coefficient (Wildman–Crippen LogP) is 5.51. The second kappa shape index (κ2) is 8.73. The van der Waals surface area contributed by atoms with Gasteiger partial charge in [0.05, 0.1) is 29.0 Å². The molecule has 0 saturated heterocycles. The lowest BCUT2D eigenvalue weighted by Gasteiger charge is -2.10. The summed E-state index contributed by atoms with van der Waals surface area (Å²) in [5.74, 6) is 0.336. The molecule has 6 nitrogen and oxygen atoms in total. The van der Waals surface area contributed by atoms with Crippen molar-refractivity contribution in [2.75, 3.05) is 10.6 Å². The van der Waals surface area contributed by atoms with Gasteiger partial charge in [-0.1, -0.05) is 18.2 Å². The molecule has 0 aliphatic rings. The average molecular weight is 406 g/mol. The lowest BCUT2D eigenvalue weighted by molar-refractivity contribution is 0.632. The Morgan fingerprint density at radius 1 is 0.742 bits per heavy atom. The SMILES string of the molecule is N#Cc1ccc(Nc2nccc(Nc3ccc(-c4ccc(C#N)cc4)cc3F)n2)cc1. The summed E-state index contributed by atoms with van der Waals surface area (Å²) in [5.41, 5.74) is 3.65. The molecule has 0 spiro atoms. The quantitative estimate of drug-likeness (QED) is 0.453. The van der Waals surface area contributed by atoms with E-state index in [0.717, 1.165) is 11.3 Å². The van der Waals surface area contributed by atoms with Crippen molar-refractivity contribution in [3.05, 3.63) is 95.9 Å². The molecule has 3 aromatic carbocycles. The van der Waals surface area contributed by atoms with Gasteiger partial charge >= 0.3 is 0 Å². The fraction of sp³-hybridized carbons (Fsp3) is 0. The van der Waals surface area contributed by atoms with Gasteiger partial charge in [-0.05, 0) is 65.7 Å². The summed E-state index contributed by atoms with van der Waals surface area (Å²) in [4.78, 5) is 8.52. The number of nitrogens with zero attached hydrogens (tertiary/aromatic N) is 4. The number of hydrogen-bond acceptors (Lipinski definition) is 6. The Morgan fingerprint density at radius 2 is 1.39 bits per heavy atom. The highest BCUT2D eigenvalue weighted by atomic mass is 19.1. The summed E-state index contributed by atoms with van der Waals surface area (Å²) in [6.45, 7) is 0. The number of rotatable bonds is 5. The molecule has 0 saturated carbocycles. The summed E-state index contributed by atoms with van der Waals surface area (Å²) in [5, 5.41) is 23.8. The normalized spacial score (nSPS) is 10.0. The van der Waals surface area contributed by atoms with Crippen LogP contribution in [0.15, 0.2) is 79.0 Å². The van der Waals surface area contributed by atoms with Crippen molar-refractivity contribution in [1.29, 1.82) is 10.5 Å². The molecule has 0 fully saturated rings. The van der Waals surface area contributed by atoms with Crippen molar-refractivity contribution in [2.24, 2.45) is 0 Å². The van der Waals surface area contributed by atoms with Crippen LogP contribution < -0.4 is 10.6 Å².